The van der Waals surface area contributed by atoms with E-state index in [1.54, 1.807) is 6.20 Å². The lowest BCUT2D eigenvalue weighted by Crippen LogP contribution is -2.35. The number of carbonyl (C=O) groups is 1. The SMILES string of the molecule is CCCCC(N)C(=O)Nc1nccs1. The van der Waals surface area contributed by atoms with Gasteiger partial charge in [-0.05, 0) is 6.42 Å². The normalized spacial score (nSPS) is 12.4. The topological polar surface area (TPSA) is 68.0 Å². The number of hydrogen-bond acceptors (Lipinski definition) is 4. The number of hydrogen-bond donors (Lipinski definition) is 2. The van der Waals surface area contributed by atoms with Crippen molar-refractivity contribution in [2.24, 2.45) is 5.73 Å². The minimum absolute atomic E-state index is 0.145. The van der Waals surface area contributed by atoms with Gasteiger partial charge in [0.2, 0.25) is 5.91 Å². The smallest absolute Gasteiger partial charge is 0.243 e. The second-order valence-electron chi connectivity index (χ2n) is 3.08. The number of amides is 1. The summed E-state index contributed by atoms with van der Waals surface area (Å²) in [6.07, 6.45) is 4.41. The molecular weight excluding hydrogens is 198 g/mol. The lowest BCUT2D eigenvalue weighted by Gasteiger charge is -2.09. The van der Waals surface area contributed by atoms with E-state index in [2.05, 4.69) is 17.2 Å². The Balaban J connectivity index is 2.34. The zero-order chi connectivity index (χ0) is 10.4. The summed E-state index contributed by atoms with van der Waals surface area (Å²) in [6, 6.07) is -0.418. The van der Waals surface area contributed by atoms with Crippen molar-refractivity contribution in [2.45, 2.75) is 32.2 Å². The van der Waals surface area contributed by atoms with Crippen LogP contribution in [0.3, 0.4) is 0 Å². The molecule has 1 aromatic heterocycles. The van der Waals surface area contributed by atoms with Crippen molar-refractivity contribution in [1.82, 2.24) is 4.98 Å². The maximum absolute atomic E-state index is 11.4. The van der Waals surface area contributed by atoms with Crippen LogP contribution >= 0.6 is 11.3 Å². The van der Waals surface area contributed by atoms with Crippen molar-refractivity contribution in [1.29, 1.82) is 0 Å². The van der Waals surface area contributed by atoms with E-state index in [9.17, 15) is 4.79 Å². The van der Waals surface area contributed by atoms with Crippen LogP contribution in [0.1, 0.15) is 26.2 Å². The molecule has 0 fully saturated rings. The van der Waals surface area contributed by atoms with Crippen molar-refractivity contribution in [3.05, 3.63) is 11.6 Å². The van der Waals surface area contributed by atoms with E-state index in [1.807, 2.05) is 5.38 Å². The summed E-state index contributed by atoms with van der Waals surface area (Å²) in [4.78, 5) is 15.4. The molecule has 5 heteroatoms. The highest BCUT2D eigenvalue weighted by Crippen LogP contribution is 2.11. The molecule has 0 aromatic carbocycles. The molecule has 4 nitrogen and oxygen atoms in total. The third kappa shape index (κ3) is 3.43. The number of aromatic nitrogens is 1. The fourth-order valence-electron chi connectivity index (χ4n) is 1.04. The molecule has 1 heterocycles. The summed E-state index contributed by atoms with van der Waals surface area (Å²) < 4.78 is 0. The van der Waals surface area contributed by atoms with Gasteiger partial charge in [-0.3, -0.25) is 4.79 Å². The lowest BCUT2D eigenvalue weighted by atomic mass is 10.1. The molecule has 1 aromatic rings. The number of anilines is 1. The highest BCUT2D eigenvalue weighted by Gasteiger charge is 2.13. The molecule has 0 aliphatic rings. The summed E-state index contributed by atoms with van der Waals surface area (Å²) in [7, 11) is 0. The van der Waals surface area contributed by atoms with E-state index in [1.165, 1.54) is 11.3 Å². The quantitative estimate of drug-likeness (QED) is 0.780. The first-order valence-corrected chi connectivity index (χ1v) is 5.58. The van der Waals surface area contributed by atoms with E-state index in [0.717, 1.165) is 19.3 Å². The number of nitrogens with zero attached hydrogens (tertiary/aromatic N) is 1. The Morgan fingerprint density at radius 2 is 2.57 bits per heavy atom. The highest BCUT2D eigenvalue weighted by molar-refractivity contribution is 7.13. The Morgan fingerprint density at radius 3 is 3.14 bits per heavy atom. The molecule has 0 radical (unpaired) electrons. The molecule has 0 aliphatic heterocycles. The van der Waals surface area contributed by atoms with Crippen LogP contribution in [-0.2, 0) is 4.79 Å². The number of unbranched alkanes of at least 4 members (excludes halogenated alkanes) is 1. The zero-order valence-corrected chi connectivity index (χ0v) is 9.01. The van der Waals surface area contributed by atoms with Crippen LogP contribution in [0.25, 0.3) is 0 Å². The Bertz CT molecular complexity index is 274. The lowest BCUT2D eigenvalue weighted by molar-refractivity contribution is -0.117. The van der Waals surface area contributed by atoms with Gasteiger partial charge in [-0.1, -0.05) is 19.8 Å². The van der Waals surface area contributed by atoms with Crippen molar-refractivity contribution in [3.8, 4) is 0 Å². The third-order valence-electron chi connectivity index (χ3n) is 1.87. The predicted octanol–water partition coefficient (Wildman–Crippen LogP) is 1.60. The first-order chi connectivity index (χ1) is 6.74. The standard InChI is InChI=1S/C9H15N3OS/c1-2-3-4-7(10)8(13)12-9-11-5-6-14-9/h5-7H,2-4,10H2,1H3,(H,11,12,13). The van der Waals surface area contributed by atoms with Crippen molar-refractivity contribution >= 4 is 22.4 Å². The average molecular weight is 213 g/mol. The summed E-state index contributed by atoms with van der Waals surface area (Å²) >= 11 is 1.39. The Hall–Kier alpha value is -0.940. The average Bonchev–Trinajstić information content (AvgIpc) is 2.66. The van der Waals surface area contributed by atoms with Crippen LogP contribution in [0.4, 0.5) is 5.13 Å². The predicted molar refractivity (Wildman–Crippen MR) is 58.2 cm³/mol. The van der Waals surface area contributed by atoms with E-state index in [4.69, 9.17) is 5.73 Å². The van der Waals surface area contributed by atoms with Crippen LogP contribution in [-0.4, -0.2) is 16.9 Å². The molecule has 0 saturated carbocycles. The fourth-order valence-corrected chi connectivity index (χ4v) is 1.57. The molecule has 3 N–H and O–H groups in total. The second-order valence-corrected chi connectivity index (χ2v) is 3.97. The van der Waals surface area contributed by atoms with E-state index in [-0.39, 0.29) is 5.91 Å². The molecule has 78 valence electrons. The van der Waals surface area contributed by atoms with Gasteiger partial charge in [0.1, 0.15) is 0 Å². The van der Waals surface area contributed by atoms with Gasteiger partial charge in [0.15, 0.2) is 5.13 Å². The number of thiazole rings is 1. The van der Waals surface area contributed by atoms with Gasteiger partial charge in [-0.15, -0.1) is 11.3 Å². The molecule has 1 rings (SSSR count). The number of nitrogens with one attached hydrogen (secondary N) is 1. The number of nitrogens with two attached hydrogens (primary N) is 1. The van der Waals surface area contributed by atoms with E-state index < -0.39 is 6.04 Å². The van der Waals surface area contributed by atoms with E-state index >= 15 is 0 Å². The van der Waals surface area contributed by atoms with Gasteiger partial charge in [0.25, 0.3) is 0 Å². The second kappa shape index (κ2) is 5.72. The molecule has 0 spiro atoms. The van der Waals surface area contributed by atoms with Gasteiger partial charge in [-0.25, -0.2) is 4.98 Å². The van der Waals surface area contributed by atoms with Crippen LogP contribution < -0.4 is 11.1 Å². The Morgan fingerprint density at radius 1 is 1.79 bits per heavy atom. The first kappa shape index (κ1) is 11.1. The van der Waals surface area contributed by atoms with Gasteiger partial charge >= 0.3 is 0 Å². The van der Waals surface area contributed by atoms with Crippen LogP contribution in [0.2, 0.25) is 0 Å². The molecule has 0 aliphatic carbocycles. The summed E-state index contributed by atoms with van der Waals surface area (Å²) in [5.41, 5.74) is 5.68. The minimum Gasteiger partial charge on any atom is -0.320 e. The zero-order valence-electron chi connectivity index (χ0n) is 8.19. The maximum atomic E-state index is 11.4. The number of carbonyl (C=O) groups excluding carboxylic acids is 1. The monoisotopic (exact) mass is 213 g/mol. The maximum Gasteiger partial charge on any atom is 0.243 e. The van der Waals surface area contributed by atoms with Crippen molar-refractivity contribution < 1.29 is 4.79 Å². The molecule has 0 saturated heterocycles. The fraction of sp³-hybridized carbons (Fsp3) is 0.556. The molecule has 1 unspecified atom stereocenters. The summed E-state index contributed by atoms with van der Waals surface area (Å²) in [5, 5.41) is 5.10. The number of rotatable bonds is 5. The molecule has 0 bridgehead atoms. The first-order valence-electron chi connectivity index (χ1n) is 4.70. The van der Waals surface area contributed by atoms with Crippen molar-refractivity contribution in [2.75, 3.05) is 5.32 Å². The van der Waals surface area contributed by atoms with Gasteiger partial charge in [0.05, 0.1) is 6.04 Å². The van der Waals surface area contributed by atoms with Crippen LogP contribution in [0.15, 0.2) is 11.6 Å². The third-order valence-corrected chi connectivity index (χ3v) is 2.56. The van der Waals surface area contributed by atoms with Gasteiger partial charge in [-0.2, -0.15) is 0 Å². The highest BCUT2D eigenvalue weighted by atomic mass is 32.1. The summed E-state index contributed by atoms with van der Waals surface area (Å²) in [6.45, 7) is 2.07. The molecule has 1 atom stereocenters. The van der Waals surface area contributed by atoms with Crippen molar-refractivity contribution in [3.63, 3.8) is 0 Å². The minimum atomic E-state index is -0.418. The molecule has 1 amide bonds. The Labute approximate surface area is 87.5 Å². The van der Waals surface area contributed by atoms with Gasteiger partial charge < -0.3 is 11.1 Å². The molecule has 14 heavy (non-hydrogen) atoms. The largest absolute Gasteiger partial charge is 0.320 e. The van der Waals surface area contributed by atoms with Crippen LogP contribution in [0.5, 0.6) is 0 Å². The van der Waals surface area contributed by atoms with Crippen LogP contribution in [0, 0.1) is 0 Å². The Kier molecular flexibility index (Phi) is 4.55. The summed E-state index contributed by atoms with van der Waals surface area (Å²) in [5.74, 6) is -0.145. The molecular formula is C9H15N3OS. The van der Waals surface area contributed by atoms with Gasteiger partial charge in [0, 0.05) is 11.6 Å². The van der Waals surface area contributed by atoms with E-state index in [0.29, 0.717) is 5.13 Å².